The lowest BCUT2D eigenvalue weighted by atomic mass is 10.0. The maximum absolute atomic E-state index is 13.1. The van der Waals surface area contributed by atoms with E-state index in [1.165, 1.54) is 33.4 Å². The van der Waals surface area contributed by atoms with Crippen LogP contribution in [0.2, 0.25) is 0 Å². The first kappa shape index (κ1) is 43.1. The van der Waals surface area contributed by atoms with Crippen LogP contribution >= 0.6 is 0 Å². The molecule has 322 valence electrons. The van der Waals surface area contributed by atoms with Crippen LogP contribution in [0.1, 0.15) is 78.9 Å². The standard InChI is InChI=1S/C39H50N10O10S/c1-45-32-33(42-38(45)60(3,57)58)48(39(56)46(2)37(32)55)18-9-11-23-10-7-12-25(20-23)59-19-6-4-5-17-47-22-24(43-44-47)21-30(51)40-27-14-8-13-26-31(27)36(54)49(35(26)53)28-15-16-29(50)41-34(28)52/h7-8,10,12-14,20,22,28-29,34-37,39,41,50,52-56H,4-6,15-19,21H2,1-3H3,(H,40,51). The molecule has 7 atom stereocenters. The van der Waals surface area contributed by atoms with Gasteiger partial charge in [-0.25, -0.2) is 23.2 Å². The SMILES string of the molecule is CN1C(O)c2c(nc(S(C)(=O)=O)n2C)N(CC#Cc2cccc(OCCCCCn3cc(CC(=O)Nc4cccc5c4C(O)N(C4CCC(O)NC4O)C5O)nn3)c2)C1O. The van der Waals surface area contributed by atoms with Gasteiger partial charge in [0.1, 0.15) is 36.4 Å². The number of hydrogen-bond donors (Lipinski definition) is 8. The third-order valence-electron chi connectivity index (χ3n) is 10.9. The van der Waals surface area contributed by atoms with Crippen LogP contribution in [-0.2, 0) is 34.6 Å². The minimum Gasteiger partial charge on any atom is -0.494 e. The van der Waals surface area contributed by atoms with Crippen molar-refractivity contribution in [2.45, 2.75) is 93.8 Å². The molecule has 4 aromatic rings. The second kappa shape index (κ2) is 17.9. The highest BCUT2D eigenvalue weighted by atomic mass is 32.2. The Balaban J connectivity index is 0.851. The van der Waals surface area contributed by atoms with E-state index >= 15 is 0 Å². The molecule has 0 radical (unpaired) electrons. The van der Waals surface area contributed by atoms with Gasteiger partial charge in [0.15, 0.2) is 18.4 Å². The van der Waals surface area contributed by atoms with E-state index in [1.807, 2.05) is 18.2 Å². The van der Waals surface area contributed by atoms with Crippen molar-refractivity contribution in [1.82, 2.24) is 39.7 Å². The number of aliphatic hydroxyl groups is 6. The highest BCUT2D eigenvalue weighted by molar-refractivity contribution is 7.90. The number of benzene rings is 2. The zero-order chi connectivity index (χ0) is 42.9. The van der Waals surface area contributed by atoms with E-state index in [0.717, 1.165) is 25.5 Å². The number of sulfone groups is 1. The summed E-state index contributed by atoms with van der Waals surface area (Å²) >= 11 is 0. The van der Waals surface area contributed by atoms with Gasteiger partial charge in [-0.2, -0.15) is 0 Å². The van der Waals surface area contributed by atoms with Crippen molar-refractivity contribution in [3.63, 3.8) is 0 Å². The average molecular weight is 851 g/mol. The summed E-state index contributed by atoms with van der Waals surface area (Å²) < 4.78 is 33.5. The number of aryl methyl sites for hydroxylation is 1. The number of fused-ring (bicyclic) bond motifs is 2. The first-order valence-corrected chi connectivity index (χ1v) is 21.4. The molecule has 0 spiro atoms. The number of nitrogens with zero attached hydrogens (tertiary/aromatic N) is 8. The smallest absolute Gasteiger partial charge is 0.230 e. The number of nitrogens with one attached hydrogen (secondary N) is 2. The number of imidazole rings is 1. The number of unbranched alkanes of at least 4 members (excludes halogenated alkanes) is 2. The molecule has 1 saturated heterocycles. The number of carbonyl (C=O) groups excluding carboxylic acids is 1. The molecular weight excluding hydrogens is 801 g/mol. The molecule has 3 aliphatic heterocycles. The van der Waals surface area contributed by atoms with Crippen LogP contribution in [0.3, 0.4) is 0 Å². The van der Waals surface area contributed by atoms with Crippen molar-refractivity contribution in [2.75, 3.05) is 36.7 Å². The monoisotopic (exact) mass is 850 g/mol. The van der Waals surface area contributed by atoms with Gasteiger partial charge in [-0.1, -0.05) is 35.3 Å². The largest absolute Gasteiger partial charge is 0.494 e. The van der Waals surface area contributed by atoms with Gasteiger partial charge in [0, 0.05) is 48.4 Å². The third-order valence-corrected chi connectivity index (χ3v) is 11.9. The van der Waals surface area contributed by atoms with Gasteiger partial charge in [-0.05, 0) is 63.4 Å². The van der Waals surface area contributed by atoms with Crippen molar-refractivity contribution < 1.29 is 48.6 Å². The number of rotatable bonds is 13. The second-order valence-corrected chi connectivity index (χ2v) is 17.1. The summed E-state index contributed by atoms with van der Waals surface area (Å²) in [5, 5.41) is 77.6. The molecule has 0 bridgehead atoms. The molecule has 0 aliphatic carbocycles. The van der Waals surface area contributed by atoms with E-state index in [1.54, 1.807) is 35.1 Å². The number of piperidine rings is 1. The second-order valence-electron chi connectivity index (χ2n) is 15.2. The summed E-state index contributed by atoms with van der Waals surface area (Å²) in [7, 11) is -0.696. The average Bonchev–Trinajstić information content (AvgIpc) is 3.87. The van der Waals surface area contributed by atoms with Crippen molar-refractivity contribution in [2.24, 2.45) is 7.05 Å². The molecular formula is C39H50N10O10S. The third kappa shape index (κ3) is 9.03. The predicted molar refractivity (Wildman–Crippen MR) is 214 cm³/mol. The van der Waals surface area contributed by atoms with E-state index < -0.39 is 53.4 Å². The van der Waals surface area contributed by atoms with Crippen LogP contribution < -0.4 is 20.3 Å². The summed E-state index contributed by atoms with van der Waals surface area (Å²) in [6, 6.07) is 11.6. The Morgan fingerprint density at radius 2 is 1.78 bits per heavy atom. The summed E-state index contributed by atoms with van der Waals surface area (Å²) in [6.07, 6.45) is -1.39. The first-order chi connectivity index (χ1) is 28.6. The Bertz CT molecular complexity index is 2360. The molecule has 8 N–H and O–H groups in total. The Morgan fingerprint density at radius 3 is 2.55 bits per heavy atom. The minimum absolute atomic E-state index is 0.00177. The van der Waals surface area contributed by atoms with Gasteiger partial charge in [-0.3, -0.25) is 14.8 Å². The van der Waals surface area contributed by atoms with Crippen molar-refractivity contribution >= 4 is 27.2 Å². The molecule has 7 rings (SSSR count). The number of amides is 1. The fourth-order valence-electron chi connectivity index (χ4n) is 7.83. The molecule has 0 saturated carbocycles. The van der Waals surface area contributed by atoms with E-state index in [4.69, 9.17) is 4.74 Å². The Kier molecular flexibility index (Phi) is 12.9. The summed E-state index contributed by atoms with van der Waals surface area (Å²) in [6.45, 7) is 1.05. The van der Waals surface area contributed by atoms with Gasteiger partial charge in [0.05, 0.1) is 31.3 Å². The molecule has 7 unspecified atom stereocenters. The number of carbonyl (C=O) groups is 1. The Morgan fingerprint density at radius 1 is 1.00 bits per heavy atom. The minimum atomic E-state index is -3.70. The fourth-order valence-corrected chi connectivity index (χ4v) is 8.68. The Labute approximate surface area is 346 Å². The van der Waals surface area contributed by atoms with E-state index in [2.05, 4.69) is 37.8 Å². The van der Waals surface area contributed by atoms with Crippen molar-refractivity contribution in [3.8, 4) is 17.6 Å². The predicted octanol–water partition coefficient (Wildman–Crippen LogP) is -0.398. The summed E-state index contributed by atoms with van der Waals surface area (Å²) in [5.41, 5.74) is 2.45. The number of aliphatic hydroxyl groups excluding tert-OH is 6. The maximum atomic E-state index is 13.1. The lowest BCUT2D eigenvalue weighted by Crippen LogP contribution is -2.57. The molecule has 20 nitrogen and oxygen atoms in total. The van der Waals surface area contributed by atoms with Crippen LogP contribution in [0, 0.1) is 11.8 Å². The van der Waals surface area contributed by atoms with E-state index in [-0.39, 0.29) is 35.5 Å². The molecule has 1 amide bonds. The summed E-state index contributed by atoms with van der Waals surface area (Å²) in [4.78, 5) is 21.4. The zero-order valence-electron chi connectivity index (χ0n) is 33.3. The Hall–Kier alpha value is -4.99. The van der Waals surface area contributed by atoms with Crippen LogP contribution in [0.25, 0.3) is 0 Å². The summed E-state index contributed by atoms with van der Waals surface area (Å²) in [5.74, 6) is 6.45. The maximum Gasteiger partial charge on any atom is 0.230 e. The fraction of sp³-hybridized carbons (Fsp3) is 0.487. The van der Waals surface area contributed by atoms with Crippen LogP contribution in [0.15, 0.2) is 53.8 Å². The number of hydrogen-bond acceptors (Lipinski definition) is 17. The molecule has 5 heterocycles. The molecule has 21 heteroatoms. The molecule has 1 fully saturated rings. The molecule has 2 aromatic carbocycles. The number of ether oxygens (including phenoxy) is 1. The van der Waals surface area contributed by atoms with Gasteiger partial charge in [0.25, 0.3) is 0 Å². The molecule has 60 heavy (non-hydrogen) atoms. The van der Waals surface area contributed by atoms with Gasteiger partial charge in [0.2, 0.25) is 20.9 Å². The number of aromatic nitrogens is 5. The quantitative estimate of drug-likeness (QED) is 0.0629. The normalized spacial score (nSPS) is 24.4. The topological polar surface area (TPSA) is 264 Å². The van der Waals surface area contributed by atoms with Crippen molar-refractivity contribution in [3.05, 3.63) is 76.7 Å². The van der Waals surface area contributed by atoms with Gasteiger partial charge >= 0.3 is 0 Å². The highest BCUT2D eigenvalue weighted by Gasteiger charge is 2.46. The van der Waals surface area contributed by atoms with Crippen molar-refractivity contribution in [1.29, 1.82) is 0 Å². The zero-order valence-corrected chi connectivity index (χ0v) is 34.1. The highest BCUT2D eigenvalue weighted by Crippen LogP contribution is 2.45. The van der Waals surface area contributed by atoms with E-state index in [9.17, 15) is 43.9 Å². The molecule has 3 aliphatic rings. The van der Waals surface area contributed by atoms with Crippen LogP contribution in [-0.4, -0.2) is 131 Å². The van der Waals surface area contributed by atoms with Gasteiger partial charge < -0.3 is 50.2 Å². The first-order valence-electron chi connectivity index (χ1n) is 19.5. The lowest BCUT2D eigenvalue weighted by Gasteiger charge is -2.40. The lowest BCUT2D eigenvalue weighted by molar-refractivity contribution is -0.158. The van der Waals surface area contributed by atoms with Crippen LogP contribution in [0.5, 0.6) is 5.75 Å². The van der Waals surface area contributed by atoms with Gasteiger partial charge in [-0.15, -0.1) is 5.10 Å². The number of anilines is 2. The molecule has 2 aromatic heterocycles. The van der Waals surface area contributed by atoms with Crippen LogP contribution in [0.4, 0.5) is 11.5 Å². The van der Waals surface area contributed by atoms with E-state index in [0.29, 0.717) is 59.8 Å².